The molecule has 0 radical (unpaired) electrons. The smallest absolute Gasteiger partial charge is 0.309 e. The average Bonchev–Trinajstić information content (AvgIpc) is 2.15. The number of aliphatic carboxylic acids is 1. The summed E-state index contributed by atoms with van der Waals surface area (Å²) in [7, 11) is 0. The Morgan fingerprint density at radius 1 is 1.29 bits per heavy atom. The minimum Gasteiger partial charge on any atom is -0.481 e. The molecule has 17 heavy (non-hydrogen) atoms. The Labute approximate surface area is 101 Å². The van der Waals surface area contributed by atoms with E-state index in [0.29, 0.717) is 12.8 Å². The molecule has 0 aliphatic rings. The molecule has 1 aromatic carbocycles. The second-order valence-corrected chi connectivity index (χ2v) is 5.21. The maximum Gasteiger partial charge on any atom is 0.309 e. The Kier molecular flexibility index (Phi) is 3.91. The zero-order valence-electron chi connectivity index (χ0n) is 10.8. The van der Waals surface area contributed by atoms with Crippen LogP contribution in [-0.2, 0) is 11.2 Å². The molecule has 0 aliphatic heterocycles. The maximum atomic E-state index is 13.1. The Balaban J connectivity index is 2.87. The zero-order chi connectivity index (χ0) is 13.2. The van der Waals surface area contributed by atoms with Crippen LogP contribution in [0.15, 0.2) is 12.1 Å². The van der Waals surface area contributed by atoms with Gasteiger partial charge in [0.05, 0.1) is 5.41 Å². The van der Waals surface area contributed by atoms with E-state index in [-0.39, 0.29) is 5.82 Å². The van der Waals surface area contributed by atoms with Crippen molar-refractivity contribution >= 4 is 5.97 Å². The van der Waals surface area contributed by atoms with Gasteiger partial charge in [-0.25, -0.2) is 4.39 Å². The predicted octanol–water partition coefficient (Wildman–Crippen LogP) is 3.49. The normalized spacial score (nSPS) is 11.6. The summed E-state index contributed by atoms with van der Waals surface area (Å²) < 4.78 is 13.1. The van der Waals surface area contributed by atoms with Gasteiger partial charge in [-0.2, -0.15) is 0 Å². The molecule has 94 valence electrons. The molecular formula is C14H19FO2. The van der Waals surface area contributed by atoms with Crippen LogP contribution in [0.4, 0.5) is 4.39 Å². The van der Waals surface area contributed by atoms with Gasteiger partial charge in [0.1, 0.15) is 5.82 Å². The summed E-state index contributed by atoms with van der Waals surface area (Å²) in [6.45, 7) is 7.14. The Bertz CT molecular complexity index is 413. The van der Waals surface area contributed by atoms with Gasteiger partial charge in [-0.05, 0) is 69.4 Å². The van der Waals surface area contributed by atoms with Crippen molar-refractivity contribution in [1.82, 2.24) is 0 Å². The molecule has 0 atom stereocenters. The highest BCUT2D eigenvalue weighted by atomic mass is 19.1. The quantitative estimate of drug-likeness (QED) is 0.871. The molecule has 2 nitrogen and oxygen atoms in total. The molecule has 1 N–H and O–H groups in total. The molecule has 0 spiro atoms. The molecule has 0 saturated carbocycles. The maximum absolute atomic E-state index is 13.1. The summed E-state index contributed by atoms with van der Waals surface area (Å²) in [6, 6.07) is 2.99. The fourth-order valence-corrected chi connectivity index (χ4v) is 1.88. The van der Waals surface area contributed by atoms with Crippen LogP contribution in [0.5, 0.6) is 0 Å². The van der Waals surface area contributed by atoms with Crippen molar-refractivity contribution in [3.05, 3.63) is 34.6 Å². The first kappa shape index (κ1) is 13.7. The van der Waals surface area contributed by atoms with E-state index in [0.717, 1.165) is 16.7 Å². The predicted molar refractivity (Wildman–Crippen MR) is 65.6 cm³/mol. The molecule has 0 unspecified atom stereocenters. The number of carbonyl (C=O) groups is 1. The van der Waals surface area contributed by atoms with Gasteiger partial charge in [-0.1, -0.05) is 0 Å². The highest BCUT2D eigenvalue weighted by Gasteiger charge is 2.26. The van der Waals surface area contributed by atoms with Gasteiger partial charge in [-0.3, -0.25) is 4.79 Å². The standard InChI is InChI=1S/C14H19FO2/c1-9-7-11(15)8-10(2)12(9)5-6-14(3,4)13(16)17/h7-8H,5-6H2,1-4H3,(H,16,17). The van der Waals surface area contributed by atoms with Gasteiger partial charge in [0, 0.05) is 0 Å². The van der Waals surface area contributed by atoms with Gasteiger partial charge < -0.3 is 5.11 Å². The van der Waals surface area contributed by atoms with Crippen LogP contribution >= 0.6 is 0 Å². The molecule has 0 aromatic heterocycles. The van der Waals surface area contributed by atoms with Crippen molar-refractivity contribution in [2.45, 2.75) is 40.5 Å². The first-order valence-electron chi connectivity index (χ1n) is 5.73. The molecule has 1 rings (SSSR count). The molecule has 0 aliphatic carbocycles. The number of rotatable bonds is 4. The summed E-state index contributed by atoms with van der Waals surface area (Å²) in [6.07, 6.45) is 1.22. The lowest BCUT2D eigenvalue weighted by Crippen LogP contribution is -2.24. The van der Waals surface area contributed by atoms with E-state index in [1.807, 2.05) is 13.8 Å². The molecule has 3 heteroatoms. The number of carboxylic acids is 1. The molecule has 1 aromatic rings. The number of halogens is 1. The fourth-order valence-electron chi connectivity index (χ4n) is 1.88. The van der Waals surface area contributed by atoms with E-state index in [2.05, 4.69) is 0 Å². The number of aryl methyl sites for hydroxylation is 2. The Hall–Kier alpha value is -1.38. The van der Waals surface area contributed by atoms with E-state index < -0.39 is 11.4 Å². The lowest BCUT2D eigenvalue weighted by molar-refractivity contribution is -0.147. The number of benzene rings is 1. The molecule has 0 bridgehead atoms. The van der Waals surface area contributed by atoms with Crippen molar-refractivity contribution in [1.29, 1.82) is 0 Å². The number of hydrogen-bond acceptors (Lipinski definition) is 1. The largest absolute Gasteiger partial charge is 0.481 e. The third kappa shape index (κ3) is 3.29. The van der Waals surface area contributed by atoms with E-state index in [1.54, 1.807) is 13.8 Å². The van der Waals surface area contributed by atoms with Gasteiger partial charge in [0.2, 0.25) is 0 Å². The third-order valence-corrected chi connectivity index (χ3v) is 3.24. The Morgan fingerprint density at radius 3 is 2.18 bits per heavy atom. The first-order chi connectivity index (χ1) is 7.74. The van der Waals surface area contributed by atoms with Crippen molar-refractivity contribution in [3.8, 4) is 0 Å². The van der Waals surface area contributed by atoms with Crippen molar-refractivity contribution in [2.75, 3.05) is 0 Å². The van der Waals surface area contributed by atoms with Crippen molar-refractivity contribution < 1.29 is 14.3 Å². The number of hydrogen-bond donors (Lipinski definition) is 1. The minimum atomic E-state index is -0.796. The SMILES string of the molecule is Cc1cc(F)cc(C)c1CCC(C)(C)C(=O)O. The molecule has 0 fully saturated rings. The summed E-state index contributed by atoms with van der Waals surface area (Å²) >= 11 is 0. The van der Waals surface area contributed by atoms with Gasteiger partial charge in [0.25, 0.3) is 0 Å². The van der Waals surface area contributed by atoms with Crippen LogP contribution in [0.25, 0.3) is 0 Å². The van der Waals surface area contributed by atoms with Crippen LogP contribution < -0.4 is 0 Å². The molecule has 0 heterocycles. The first-order valence-corrected chi connectivity index (χ1v) is 5.73. The lowest BCUT2D eigenvalue weighted by atomic mass is 9.85. The van der Waals surface area contributed by atoms with Crippen LogP contribution in [0.2, 0.25) is 0 Å². The molecule has 0 amide bonds. The summed E-state index contributed by atoms with van der Waals surface area (Å²) in [5.41, 5.74) is 2.10. The second kappa shape index (κ2) is 4.86. The average molecular weight is 238 g/mol. The van der Waals surface area contributed by atoms with Gasteiger partial charge >= 0.3 is 5.97 Å². The zero-order valence-corrected chi connectivity index (χ0v) is 10.8. The topological polar surface area (TPSA) is 37.3 Å². The van der Waals surface area contributed by atoms with Gasteiger partial charge in [0.15, 0.2) is 0 Å². The van der Waals surface area contributed by atoms with Gasteiger partial charge in [-0.15, -0.1) is 0 Å². The Morgan fingerprint density at radius 2 is 1.76 bits per heavy atom. The van der Waals surface area contributed by atoms with Crippen LogP contribution in [0.1, 0.15) is 37.0 Å². The minimum absolute atomic E-state index is 0.235. The van der Waals surface area contributed by atoms with Crippen molar-refractivity contribution in [3.63, 3.8) is 0 Å². The summed E-state index contributed by atoms with van der Waals surface area (Å²) in [5, 5.41) is 9.04. The van der Waals surface area contributed by atoms with Crippen LogP contribution in [0.3, 0.4) is 0 Å². The summed E-state index contributed by atoms with van der Waals surface area (Å²) in [4.78, 5) is 11.0. The van der Waals surface area contributed by atoms with E-state index >= 15 is 0 Å². The van der Waals surface area contributed by atoms with E-state index in [9.17, 15) is 9.18 Å². The highest BCUT2D eigenvalue weighted by Crippen LogP contribution is 2.26. The van der Waals surface area contributed by atoms with Crippen LogP contribution in [-0.4, -0.2) is 11.1 Å². The monoisotopic (exact) mass is 238 g/mol. The van der Waals surface area contributed by atoms with E-state index in [4.69, 9.17) is 5.11 Å². The second-order valence-electron chi connectivity index (χ2n) is 5.21. The summed E-state index contributed by atoms with van der Waals surface area (Å²) in [5.74, 6) is -1.03. The molecular weight excluding hydrogens is 219 g/mol. The van der Waals surface area contributed by atoms with Crippen LogP contribution in [0, 0.1) is 25.1 Å². The lowest BCUT2D eigenvalue weighted by Gasteiger charge is -2.20. The fraction of sp³-hybridized carbons (Fsp3) is 0.500. The third-order valence-electron chi connectivity index (χ3n) is 3.24. The molecule has 0 saturated heterocycles. The highest BCUT2D eigenvalue weighted by molar-refractivity contribution is 5.73. The van der Waals surface area contributed by atoms with E-state index in [1.165, 1.54) is 12.1 Å². The number of carboxylic acid groups (broad SMARTS) is 1. The van der Waals surface area contributed by atoms with Crippen molar-refractivity contribution in [2.24, 2.45) is 5.41 Å².